The van der Waals surface area contributed by atoms with E-state index in [-0.39, 0.29) is 5.92 Å². The van der Waals surface area contributed by atoms with Crippen LogP contribution in [0.4, 0.5) is 0 Å². The fourth-order valence-electron chi connectivity index (χ4n) is 6.74. The summed E-state index contributed by atoms with van der Waals surface area (Å²) in [5, 5.41) is 9.42. The Morgan fingerprint density at radius 3 is 1.78 bits per heavy atom. The quantitative estimate of drug-likeness (QED) is 0.154. The number of unbranched alkanes of at least 4 members (excludes halogenated alkanes) is 13. The standard InChI is InChI=1S/C37H58N2O2/c1-3-5-7-8-9-10-11-12-13-14-15-17-18-30-28-38-36(39-29-30)33-24-20-31(21-25-33)35(19-16-6-4-2)32-22-26-34(27-23-32)37(40)41/h20-21,24-25,28-29,32,34-35H,3-19,22-23,26-27H2,1-2H3,(H,40,41). The van der Waals surface area contributed by atoms with E-state index in [0.29, 0.717) is 11.8 Å². The minimum Gasteiger partial charge on any atom is -0.481 e. The Labute approximate surface area is 251 Å². The summed E-state index contributed by atoms with van der Waals surface area (Å²) in [4.78, 5) is 20.9. The van der Waals surface area contributed by atoms with E-state index < -0.39 is 5.97 Å². The van der Waals surface area contributed by atoms with Crippen LogP contribution in [0.5, 0.6) is 0 Å². The second kappa shape index (κ2) is 19.8. The SMILES string of the molecule is CCCCCCCCCCCCCCc1cnc(-c2ccc(C(CCCCC)C3CCC(C(=O)O)CC3)cc2)nc1. The van der Waals surface area contributed by atoms with Crippen LogP contribution in [0.2, 0.25) is 0 Å². The van der Waals surface area contributed by atoms with Gasteiger partial charge in [-0.1, -0.05) is 128 Å². The van der Waals surface area contributed by atoms with E-state index in [9.17, 15) is 9.90 Å². The molecule has 3 rings (SSSR count). The highest BCUT2D eigenvalue weighted by atomic mass is 16.4. The van der Waals surface area contributed by atoms with Gasteiger partial charge in [-0.3, -0.25) is 4.79 Å². The van der Waals surface area contributed by atoms with Gasteiger partial charge in [0.2, 0.25) is 0 Å². The zero-order valence-electron chi connectivity index (χ0n) is 26.3. The molecule has 2 aromatic rings. The van der Waals surface area contributed by atoms with Crippen molar-refractivity contribution in [3.05, 3.63) is 47.8 Å². The van der Waals surface area contributed by atoms with Gasteiger partial charge in [0.15, 0.2) is 5.82 Å². The number of aromatic nitrogens is 2. The van der Waals surface area contributed by atoms with Gasteiger partial charge in [-0.15, -0.1) is 0 Å². The monoisotopic (exact) mass is 562 g/mol. The summed E-state index contributed by atoms with van der Waals surface area (Å²) in [5.41, 5.74) is 3.71. The maximum Gasteiger partial charge on any atom is 0.306 e. The molecule has 228 valence electrons. The van der Waals surface area contributed by atoms with Gasteiger partial charge in [-0.05, 0) is 67.9 Å². The van der Waals surface area contributed by atoms with Crippen molar-refractivity contribution < 1.29 is 9.90 Å². The maximum atomic E-state index is 11.4. The molecule has 0 aliphatic heterocycles. The molecule has 1 unspecified atom stereocenters. The number of carbonyl (C=O) groups is 1. The molecular formula is C37H58N2O2. The van der Waals surface area contributed by atoms with Crippen LogP contribution in [0, 0.1) is 11.8 Å². The molecule has 4 heteroatoms. The zero-order chi connectivity index (χ0) is 29.1. The van der Waals surface area contributed by atoms with Gasteiger partial charge in [0, 0.05) is 18.0 Å². The molecule has 1 N–H and O–H groups in total. The first-order valence-electron chi connectivity index (χ1n) is 17.3. The van der Waals surface area contributed by atoms with Crippen LogP contribution < -0.4 is 0 Å². The molecule has 1 aromatic heterocycles. The second-order valence-corrected chi connectivity index (χ2v) is 12.7. The summed E-state index contributed by atoms with van der Waals surface area (Å²) >= 11 is 0. The summed E-state index contributed by atoms with van der Waals surface area (Å²) in [6.45, 7) is 4.54. The van der Waals surface area contributed by atoms with Crippen LogP contribution >= 0.6 is 0 Å². The van der Waals surface area contributed by atoms with E-state index in [1.54, 1.807) is 0 Å². The molecule has 1 aliphatic carbocycles. The van der Waals surface area contributed by atoms with Gasteiger partial charge in [-0.25, -0.2) is 9.97 Å². The summed E-state index contributed by atoms with van der Waals surface area (Å²) < 4.78 is 0. The Morgan fingerprint density at radius 2 is 1.24 bits per heavy atom. The Morgan fingerprint density at radius 1 is 0.732 bits per heavy atom. The third-order valence-electron chi connectivity index (χ3n) is 9.43. The number of nitrogens with zero attached hydrogens (tertiary/aromatic N) is 2. The molecule has 1 fully saturated rings. The predicted molar refractivity (Wildman–Crippen MR) is 172 cm³/mol. The topological polar surface area (TPSA) is 63.1 Å². The predicted octanol–water partition coefficient (Wildman–Crippen LogP) is 10.9. The maximum absolute atomic E-state index is 11.4. The lowest BCUT2D eigenvalue weighted by molar-refractivity contribution is -0.143. The minimum atomic E-state index is -0.615. The van der Waals surface area contributed by atoms with Crippen LogP contribution in [0.3, 0.4) is 0 Å². The molecule has 1 heterocycles. The number of carboxylic acid groups (broad SMARTS) is 1. The summed E-state index contributed by atoms with van der Waals surface area (Å²) in [7, 11) is 0. The van der Waals surface area contributed by atoms with Crippen molar-refractivity contribution >= 4 is 5.97 Å². The number of benzene rings is 1. The minimum absolute atomic E-state index is 0.148. The van der Waals surface area contributed by atoms with Crippen molar-refractivity contribution in [2.75, 3.05) is 0 Å². The highest BCUT2D eigenvalue weighted by Crippen LogP contribution is 2.41. The molecule has 1 saturated carbocycles. The van der Waals surface area contributed by atoms with E-state index in [1.807, 2.05) is 12.4 Å². The van der Waals surface area contributed by atoms with Crippen molar-refractivity contribution in [2.24, 2.45) is 11.8 Å². The molecule has 0 radical (unpaired) electrons. The third kappa shape index (κ3) is 12.3. The molecule has 0 spiro atoms. The lowest BCUT2D eigenvalue weighted by Crippen LogP contribution is -2.25. The molecule has 41 heavy (non-hydrogen) atoms. The van der Waals surface area contributed by atoms with Crippen molar-refractivity contribution in [1.82, 2.24) is 9.97 Å². The van der Waals surface area contributed by atoms with E-state index in [4.69, 9.17) is 9.97 Å². The zero-order valence-corrected chi connectivity index (χ0v) is 26.3. The molecule has 0 saturated heterocycles. The van der Waals surface area contributed by atoms with Crippen LogP contribution in [0.25, 0.3) is 11.4 Å². The number of hydrogen-bond acceptors (Lipinski definition) is 3. The normalized spacial score (nSPS) is 17.9. The van der Waals surface area contributed by atoms with Crippen LogP contribution in [-0.2, 0) is 11.2 Å². The number of carboxylic acids is 1. The molecule has 1 atom stereocenters. The average Bonchev–Trinajstić information content (AvgIpc) is 3.00. The van der Waals surface area contributed by atoms with Crippen molar-refractivity contribution in [1.29, 1.82) is 0 Å². The number of aliphatic carboxylic acids is 1. The van der Waals surface area contributed by atoms with Crippen LogP contribution in [0.15, 0.2) is 36.7 Å². The number of aryl methyl sites for hydroxylation is 1. The highest BCUT2D eigenvalue weighted by Gasteiger charge is 2.31. The molecule has 0 amide bonds. The second-order valence-electron chi connectivity index (χ2n) is 12.7. The molecule has 1 aliphatic rings. The van der Waals surface area contributed by atoms with Gasteiger partial charge in [0.05, 0.1) is 5.92 Å². The Bertz CT molecular complexity index is 948. The van der Waals surface area contributed by atoms with Gasteiger partial charge in [0.1, 0.15) is 0 Å². The fraction of sp³-hybridized carbons (Fsp3) is 0.703. The lowest BCUT2D eigenvalue weighted by Gasteiger charge is -2.33. The van der Waals surface area contributed by atoms with Gasteiger partial charge in [0.25, 0.3) is 0 Å². The van der Waals surface area contributed by atoms with Gasteiger partial charge >= 0.3 is 5.97 Å². The van der Waals surface area contributed by atoms with Crippen LogP contribution in [0.1, 0.15) is 159 Å². The van der Waals surface area contributed by atoms with E-state index in [0.717, 1.165) is 43.5 Å². The smallest absolute Gasteiger partial charge is 0.306 e. The van der Waals surface area contributed by atoms with E-state index in [1.165, 1.54) is 114 Å². The number of rotatable bonds is 21. The highest BCUT2D eigenvalue weighted by molar-refractivity contribution is 5.70. The molecular weight excluding hydrogens is 504 g/mol. The Balaban J connectivity index is 1.41. The fourth-order valence-corrected chi connectivity index (χ4v) is 6.74. The van der Waals surface area contributed by atoms with Crippen molar-refractivity contribution in [3.63, 3.8) is 0 Å². The summed E-state index contributed by atoms with van der Waals surface area (Å²) in [6.07, 6.45) is 30.2. The first-order valence-corrected chi connectivity index (χ1v) is 17.3. The molecule has 1 aromatic carbocycles. The van der Waals surface area contributed by atoms with Gasteiger partial charge < -0.3 is 5.11 Å². The third-order valence-corrected chi connectivity index (χ3v) is 9.43. The van der Waals surface area contributed by atoms with Crippen molar-refractivity contribution in [3.8, 4) is 11.4 Å². The van der Waals surface area contributed by atoms with E-state index in [2.05, 4.69) is 38.1 Å². The van der Waals surface area contributed by atoms with E-state index >= 15 is 0 Å². The largest absolute Gasteiger partial charge is 0.481 e. The van der Waals surface area contributed by atoms with Crippen molar-refractivity contribution in [2.45, 2.75) is 155 Å². The first kappa shape index (κ1) is 33.3. The summed E-state index contributed by atoms with van der Waals surface area (Å²) in [6, 6.07) is 8.93. The Kier molecular flexibility index (Phi) is 16.1. The lowest BCUT2D eigenvalue weighted by atomic mass is 9.72. The van der Waals surface area contributed by atoms with Crippen LogP contribution in [-0.4, -0.2) is 21.0 Å². The average molecular weight is 563 g/mol. The number of hydrogen-bond donors (Lipinski definition) is 1. The first-order chi connectivity index (χ1) is 20.1. The molecule has 0 bridgehead atoms. The molecule has 4 nitrogen and oxygen atoms in total. The Hall–Kier alpha value is -2.23. The van der Waals surface area contributed by atoms with Gasteiger partial charge in [-0.2, -0.15) is 0 Å². The summed E-state index contributed by atoms with van der Waals surface area (Å²) in [5.74, 6) is 1.15.